The van der Waals surface area contributed by atoms with E-state index in [-0.39, 0.29) is 17.9 Å². The van der Waals surface area contributed by atoms with Crippen molar-refractivity contribution >= 4 is 28.6 Å². The standard InChI is InChI=1S/C35H32N2O4/c1-35(2,3)27-17-19-29(40-4)31(24-13-9-6-10-14-24)32(27)33(38)37-30-20-16-25-21-26(15-18-28(25)36-30)34(39)41-22-23-11-7-5-8-12-23/h5-21H,22H2,1-4H3,(H,36,37,38). The number of ether oxygens (including phenoxy) is 2. The first-order chi connectivity index (χ1) is 19.7. The summed E-state index contributed by atoms with van der Waals surface area (Å²) < 4.78 is 11.2. The minimum Gasteiger partial charge on any atom is -0.496 e. The molecule has 0 aliphatic rings. The molecule has 41 heavy (non-hydrogen) atoms. The second-order valence-corrected chi connectivity index (χ2v) is 10.8. The van der Waals surface area contributed by atoms with Gasteiger partial charge in [-0.15, -0.1) is 0 Å². The van der Waals surface area contributed by atoms with Crippen LogP contribution in [0.4, 0.5) is 5.82 Å². The number of benzene rings is 4. The lowest BCUT2D eigenvalue weighted by Gasteiger charge is -2.26. The molecule has 5 aromatic rings. The largest absolute Gasteiger partial charge is 0.496 e. The third kappa shape index (κ3) is 6.12. The summed E-state index contributed by atoms with van der Waals surface area (Å²) in [5.41, 5.74) is 4.76. The van der Waals surface area contributed by atoms with Gasteiger partial charge in [0.25, 0.3) is 5.91 Å². The van der Waals surface area contributed by atoms with E-state index in [0.29, 0.717) is 28.2 Å². The molecule has 1 amide bonds. The average Bonchev–Trinajstić information content (AvgIpc) is 2.99. The highest BCUT2D eigenvalue weighted by Crippen LogP contribution is 2.40. The Kier molecular flexibility index (Phi) is 7.83. The fourth-order valence-corrected chi connectivity index (χ4v) is 4.81. The zero-order valence-electron chi connectivity index (χ0n) is 23.6. The van der Waals surface area contributed by atoms with Crippen LogP contribution in [0.2, 0.25) is 0 Å². The number of nitrogens with zero attached hydrogens (tertiary/aromatic N) is 1. The Morgan fingerprint density at radius 1 is 0.829 bits per heavy atom. The first kappa shape index (κ1) is 27.6. The van der Waals surface area contributed by atoms with Crippen LogP contribution in [0.25, 0.3) is 22.0 Å². The van der Waals surface area contributed by atoms with E-state index in [9.17, 15) is 9.59 Å². The van der Waals surface area contributed by atoms with Crippen molar-refractivity contribution in [3.8, 4) is 16.9 Å². The number of amides is 1. The van der Waals surface area contributed by atoms with Crippen molar-refractivity contribution in [2.75, 3.05) is 12.4 Å². The molecule has 0 spiro atoms. The molecule has 0 atom stereocenters. The predicted octanol–water partition coefficient (Wildman–Crippen LogP) is 7.82. The highest BCUT2D eigenvalue weighted by Gasteiger charge is 2.28. The van der Waals surface area contributed by atoms with Crippen LogP contribution < -0.4 is 10.1 Å². The van der Waals surface area contributed by atoms with E-state index < -0.39 is 5.97 Å². The van der Waals surface area contributed by atoms with Gasteiger partial charge in [-0.2, -0.15) is 0 Å². The summed E-state index contributed by atoms with van der Waals surface area (Å²) in [5, 5.41) is 3.77. The van der Waals surface area contributed by atoms with E-state index in [1.54, 1.807) is 31.4 Å². The lowest BCUT2D eigenvalue weighted by molar-refractivity contribution is 0.0473. The Balaban J connectivity index is 1.44. The zero-order chi connectivity index (χ0) is 29.0. The van der Waals surface area contributed by atoms with Gasteiger partial charge in [0.15, 0.2) is 0 Å². The van der Waals surface area contributed by atoms with Gasteiger partial charge in [0.1, 0.15) is 18.2 Å². The van der Waals surface area contributed by atoms with Crippen LogP contribution in [0.3, 0.4) is 0 Å². The van der Waals surface area contributed by atoms with Crippen LogP contribution in [-0.2, 0) is 16.8 Å². The third-order valence-electron chi connectivity index (χ3n) is 6.86. The van der Waals surface area contributed by atoms with E-state index in [4.69, 9.17) is 9.47 Å². The summed E-state index contributed by atoms with van der Waals surface area (Å²) in [6, 6.07) is 31.9. The molecule has 1 heterocycles. The van der Waals surface area contributed by atoms with Gasteiger partial charge >= 0.3 is 5.97 Å². The molecule has 0 aliphatic carbocycles. The first-order valence-corrected chi connectivity index (χ1v) is 13.4. The van der Waals surface area contributed by atoms with Crippen LogP contribution in [0.1, 0.15) is 52.6 Å². The normalized spacial score (nSPS) is 11.2. The molecule has 0 radical (unpaired) electrons. The topological polar surface area (TPSA) is 77.5 Å². The van der Waals surface area contributed by atoms with Gasteiger partial charge in [-0.1, -0.05) is 87.5 Å². The van der Waals surface area contributed by atoms with Crippen molar-refractivity contribution in [3.05, 3.63) is 125 Å². The predicted molar refractivity (Wildman–Crippen MR) is 162 cm³/mol. The summed E-state index contributed by atoms with van der Waals surface area (Å²) >= 11 is 0. The summed E-state index contributed by atoms with van der Waals surface area (Å²) in [6.45, 7) is 6.44. The molecule has 206 valence electrons. The monoisotopic (exact) mass is 544 g/mol. The number of anilines is 1. The molecule has 1 aromatic heterocycles. The van der Waals surface area contributed by atoms with E-state index >= 15 is 0 Å². The van der Waals surface area contributed by atoms with Gasteiger partial charge in [-0.05, 0) is 58.5 Å². The van der Waals surface area contributed by atoms with E-state index in [1.165, 1.54) is 0 Å². The van der Waals surface area contributed by atoms with Crippen LogP contribution >= 0.6 is 0 Å². The number of pyridine rings is 1. The second kappa shape index (κ2) is 11.6. The Morgan fingerprint density at radius 2 is 1.54 bits per heavy atom. The highest BCUT2D eigenvalue weighted by molar-refractivity contribution is 6.11. The Labute approximate surface area is 240 Å². The minimum atomic E-state index is -0.408. The van der Waals surface area contributed by atoms with Crippen LogP contribution in [-0.4, -0.2) is 24.0 Å². The van der Waals surface area contributed by atoms with Gasteiger partial charge in [0.2, 0.25) is 0 Å². The number of methoxy groups -OCH3 is 1. The summed E-state index contributed by atoms with van der Waals surface area (Å²) in [4.78, 5) is 31.2. The number of hydrogen-bond donors (Lipinski definition) is 1. The molecule has 0 aliphatic heterocycles. The number of carbonyl (C=O) groups excluding carboxylic acids is 2. The SMILES string of the molecule is COc1ccc(C(C)(C)C)c(C(=O)Nc2ccc3cc(C(=O)OCc4ccccc4)ccc3n2)c1-c1ccccc1. The number of carbonyl (C=O) groups is 2. The van der Waals surface area contributed by atoms with Gasteiger partial charge in [-0.25, -0.2) is 9.78 Å². The lowest BCUT2D eigenvalue weighted by Crippen LogP contribution is -2.23. The quantitative estimate of drug-likeness (QED) is 0.211. The first-order valence-electron chi connectivity index (χ1n) is 13.4. The Hall–Kier alpha value is -4.97. The maximum atomic E-state index is 13.9. The van der Waals surface area contributed by atoms with Crippen molar-refractivity contribution in [1.82, 2.24) is 4.98 Å². The van der Waals surface area contributed by atoms with Crippen LogP contribution in [0.5, 0.6) is 5.75 Å². The van der Waals surface area contributed by atoms with Crippen molar-refractivity contribution in [2.24, 2.45) is 0 Å². The number of esters is 1. The number of aromatic nitrogens is 1. The number of rotatable bonds is 7. The number of nitrogens with one attached hydrogen (secondary N) is 1. The maximum absolute atomic E-state index is 13.9. The van der Waals surface area contributed by atoms with Crippen molar-refractivity contribution in [3.63, 3.8) is 0 Å². The lowest BCUT2D eigenvalue weighted by atomic mass is 9.80. The number of hydrogen-bond acceptors (Lipinski definition) is 5. The molecule has 1 N–H and O–H groups in total. The van der Waals surface area contributed by atoms with Gasteiger partial charge in [0.05, 0.1) is 23.8 Å². The maximum Gasteiger partial charge on any atom is 0.338 e. The molecule has 6 nitrogen and oxygen atoms in total. The molecule has 0 saturated heterocycles. The van der Waals surface area contributed by atoms with Crippen molar-refractivity contribution in [2.45, 2.75) is 32.8 Å². The van der Waals surface area contributed by atoms with E-state index in [2.05, 4.69) is 31.1 Å². The van der Waals surface area contributed by atoms with Crippen LogP contribution in [0, 0.1) is 0 Å². The van der Waals surface area contributed by atoms with E-state index in [1.807, 2.05) is 78.9 Å². The Morgan fingerprint density at radius 3 is 2.22 bits per heavy atom. The molecular formula is C35H32N2O4. The fourth-order valence-electron chi connectivity index (χ4n) is 4.81. The van der Waals surface area contributed by atoms with Gasteiger partial charge in [-0.3, -0.25) is 4.79 Å². The minimum absolute atomic E-state index is 0.201. The summed E-state index contributed by atoms with van der Waals surface area (Å²) in [5.74, 6) is 0.339. The molecule has 0 unspecified atom stereocenters. The summed E-state index contributed by atoms with van der Waals surface area (Å²) in [6.07, 6.45) is 0. The van der Waals surface area contributed by atoms with Gasteiger partial charge in [0, 0.05) is 10.9 Å². The highest BCUT2D eigenvalue weighted by atomic mass is 16.5. The molecule has 0 saturated carbocycles. The second-order valence-electron chi connectivity index (χ2n) is 10.8. The summed E-state index contributed by atoms with van der Waals surface area (Å²) in [7, 11) is 1.61. The van der Waals surface area contributed by atoms with Crippen molar-refractivity contribution in [1.29, 1.82) is 0 Å². The van der Waals surface area contributed by atoms with Crippen LogP contribution in [0.15, 0.2) is 103 Å². The molecule has 4 aromatic carbocycles. The smallest absolute Gasteiger partial charge is 0.338 e. The molecule has 0 bridgehead atoms. The van der Waals surface area contributed by atoms with Crippen molar-refractivity contribution < 1.29 is 19.1 Å². The zero-order valence-corrected chi connectivity index (χ0v) is 23.6. The molecular weight excluding hydrogens is 512 g/mol. The van der Waals surface area contributed by atoms with Gasteiger partial charge < -0.3 is 14.8 Å². The molecule has 0 fully saturated rings. The third-order valence-corrected chi connectivity index (χ3v) is 6.86. The Bertz CT molecular complexity index is 1710. The molecule has 5 rings (SSSR count). The fraction of sp³-hybridized carbons (Fsp3) is 0.171. The van der Waals surface area contributed by atoms with E-state index in [0.717, 1.165) is 27.6 Å². The average molecular weight is 545 g/mol. The number of fused-ring (bicyclic) bond motifs is 1. The molecule has 6 heteroatoms.